The maximum atomic E-state index is 13.6. The van der Waals surface area contributed by atoms with Gasteiger partial charge in [0.25, 0.3) is 0 Å². The first-order valence-electron chi connectivity index (χ1n) is 13.6. The Morgan fingerprint density at radius 1 is 1.19 bits per heavy atom. The lowest BCUT2D eigenvalue weighted by Gasteiger charge is -2.42. The van der Waals surface area contributed by atoms with Crippen molar-refractivity contribution in [2.45, 2.75) is 109 Å². The topological polar surface area (TPSA) is 90.9 Å². The minimum Gasteiger partial charge on any atom is -0.455 e. The van der Waals surface area contributed by atoms with Gasteiger partial charge in [0.05, 0.1) is 25.0 Å². The number of morpholine rings is 1. The molecule has 1 aliphatic rings. The summed E-state index contributed by atoms with van der Waals surface area (Å²) in [7, 11) is -5.70. The second-order valence-corrected chi connectivity index (χ2v) is 19.6. The molecule has 1 unspecified atom stereocenters. The van der Waals surface area contributed by atoms with Crippen LogP contribution in [0, 0.1) is 0 Å². The van der Waals surface area contributed by atoms with E-state index in [2.05, 4.69) is 56.4 Å². The number of aromatic nitrogens is 2. The van der Waals surface area contributed by atoms with Crippen LogP contribution in [0.1, 0.15) is 81.6 Å². The number of ether oxygens (including phenoxy) is 2. The van der Waals surface area contributed by atoms with E-state index in [9.17, 15) is 8.42 Å². The van der Waals surface area contributed by atoms with Crippen LogP contribution in [0.3, 0.4) is 0 Å². The molecule has 0 spiro atoms. The van der Waals surface area contributed by atoms with Gasteiger partial charge in [-0.2, -0.15) is 4.98 Å². The van der Waals surface area contributed by atoms with Crippen molar-refractivity contribution in [1.82, 2.24) is 9.97 Å². The van der Waals surface area contributed by atoms with E-state index in [-0.39, 0.29) is 23.0 Å². The molecule has 1 aromatic heterocycles. The van der Waals surface area contributed by atoms with Crippen molar-refractivity contribution >= 4 is 35.6 Å². The lowest BCUT2D eigenvalue weighted by Crippen LogP contribution is -2.48. The predicted octanol–water partition coefficient (Wildman–Crippen LogP) is 6.25. The molecule has 1 aliphatic heterocycles. The molecule has 0 bridgehead atoms. The first-order valence-corrected chi connectivity index (χ1v) is 17.8. The first-order chi connectivity index (χ1) is 17.2. The SMILES string of the molecule is CCCC(C)(Oc1cc(N2CCOC[C@@H]2C)nc(Cl)n1)S(=O)(=O)CCCO[Si](C(C)C)(C(C)C)C(C)C. The molecule has 214 valence electrons. The Hall–Kier alpha value is -0.943. The number of hydrogen-bond donors (Lipinski definition) is 0. The summed E-state index contributed by atoms with van der Waals surface area (Å²) < 4.78 is 45.5. The molecule has 0 radical (unpaired) electrons. The van der Waals surface area contributed by atoms with Gasteiger partial charge < -0.3 is 18.8 Å². The van der Waals surface area contributed by atoms with Gasteiger partial charge in [-0.25, -0.2) is 13.4 Å². The van der Waals surface area contributed by atoms with Gasteiger partial charge >= 0.3 is 0 Å². The highest BCUT2D eigenvalue weighted by Crippen LogP contribution is 2.42. The van der Waals surface area contributed by atoms with Crippen LogP contribution in [-0.4, -0.2) is 69.8 Å². The van der Waals surface area contributed by atoms with Crippen LogP contribution in [0.4, 0.5) is 5.82 Å². The fraction of sp³-hybridized carbons (Fsp3) is 0.846. The normalized spacial score (nSPS) is 19.1. The molecule has 2 atom stereocenters. The Morgan fingerprint density at radius 3 is 2.35 bits per heavy atom. The molecule has 37 heavy (non-hydrogen) atoms. The summed E-state index contributed by atoms with van der Waals surface area (Å²) >= 11 is 6.24. The molecular weight excluding hydrogens is 530 g/mol. The Kier molecular flexibility index (Phi) is 11.7. The Balaban J connectivity index is 2.19. The van der Waals surface area contributed by atoms with Crippen molar-refractivity contribution in [2.75, 3.05) is 37.0 Å². The van der Waals surface area contributed by atoms with Crippen molar-refractivity contribution in [2.24, 2.45) is 0 Å². The summed E-state index contributed by atoms with van der Waals surface area (Å²) in [6.45, 7) is 21.3. The Morgan fingerprint density at radius 2 is 1.81 bits per heavy atom. The van der Waals surface area contributed by atoms with Gasteiger partial charge in [-0.05, 0) is 48.5 Å². The zero-order valence-corrected chi connectivity index (χ0v) is 26.8. The third-order valence-corrected chi connectivity index (χ3v) is 16.3. The van der Waals surface area contributed by atoms with Crippen LogP contribution in [0.15, 0.2) is 6.07 Å². The van der Waals surface area contributed by atoms with Crippen LogP contribution in [0.5, 0.6) is 5.88 Å². The molecule has 0 amide bonds. The lowest BCUT2D eigenvalue weighted by atomic mass is 10.2. The maximum absolute atomic E-state index is 13.6. The van der Waals surface area contributed by atoms with Crippen LogP contribution >= 0.6 is 11.6 Å². The second-order valence-electron chi connectivity index (χ2n) is 11.3. The largest absolute Gasteiger partial charge is 0.455 e. The zero-order chi connectivity index (χ0) is 28.0. The number of anilines is 1. The smallest absolute Gasteiger partial charge is 0.227 e. The van der Waals surface area contributed by atoms with Crippen LogP contribution in [0.25, 0.3) is 0 Å². The summed E-state index contributed by atoms with van der Waals surface area (Å²) in [5.41, 5.74) is 1.34. The molecular formula is C26H48ClN3O5SSi. The molecule has 11 heteroatoms. The van der Waals surface area contributed by atoms with E-state index in [1.54, 1.807) is 13.0 Å². The van der Waals surface area contributed by atoms with Crippen LogP contribution < -0.4 is 9.64 Å². The predicted molar refractivity (Wildman–Crippen MR) is 154 cm³/mol. The average Bonchev–Trinajstić information content (AvgIpc) is 2.78. The molecule has 2 rings (SSSR count). The highest BCUT2D eigenvalue weighted by Gasteiger charge is 2.45. The molecule has 0 saturated carbocycles. The van der Waals surface area contributed by atoms with Crippen molar-refractivity contribution in [1.29, 1.82) is 0 Å². The maximum Gasteiger partial charge on any atom is 0.227 e. The van der Waals surface area contributed by atoms with E-state index in [0.717, 1.165) is 0 Å². The molecule has 0 aromatic carbocycles. The summed E-state index contributed by atoms with van der Waals surface area (Å²) in [4.78, 5) is 9.20. The Bertz CT molecular complexity index is 957. The number of hydrogen-bond acceptors (Lipinski definition) is 8. The van der Waals surface area contributed by atoms with Gasteiger partial charge in [-0.3, -0.25) is 0 Å². The fourth-order valence-corrected chi connectivity index (χ4v) is 13.1. The van der Waals surface area contributed by atoms with Crippen LogP contribution in [-0.2, 0) is 19.0 Å². The van der Waals surface area contributed by atoms with Gasteiger partial charge in [0, 0.05) is 25.6 Å². The highest BCUT2D eigenvalue weighted by atomic mass is 35.5. The van der Waals surface area contributed by atoms with Crippen molar-refractivity contribution in [3.05, 3.63) is 11.3 Å². The molecule has 0 aliphatic carbocycles. The average molecular weight is 578 g/mol. The molecule has 2 heterocycles. The van der Waals surface area contributed by atoms with Gasteiger partial charge in [0.15, 0.2) is 18.2 Å². The highest BCUT2D eigenvalue weighted by molar-refractivity contribution is 7.92. The van der Waals surface area contributed by atoms with Gasteiger partial charge in [0.1, 0.15) is 5.82 Å². The lowest BCUT2D eigenvalue weighted by molar-refractivity contribution is 0.0983. The summed E-state index contributed by atoms with van der Waals surface area (Å²) in [5, 5.41) is 0.0215. The quantitative estimate of drug-likeness (QED) is 0.146. The number of halogens is 1. The van der Waals surface area contributed by atoms with Crippen LogP contribution in [0.2, 0.25) is 21.9 Å². The van der Waals surface area contributed by atoms with E-state index in [1.165, 1.54) is 0 Å². The number of nitrogens with zero attached hydrogens (tertiary/aromatic N) is 3. The molecule has 1 saturated heterocycles. The van der Waals surface area contributed by atoms with E-state index < -0.39 is 23.1 Å². The standard InChI is InChI=1S/C26H48ClN3O5SSi/c1-10-12-26(9,35-24-17-23(28-25(27)29-24)30-13-15-33-18-22(30)8)36(31,32)16-11-14-34-37(19(2)3,20(4)5)21(6)7/h17,19-22H,10-16,18H2,1-9H3/t22-,26?/m0/s1. The summed E-state index contributed by atoms with van der Waals surface area (Å²) in [6, 6.07) is 1.78. The second kappa shape index (κ2) is 13.4. The zero-order valence-electron chi connectivity index (χ0n) is 24.2. The van der Waals surface area contributed by atoms with Gasteiger partial charge in [0.2, 0.25) is 16.1 Å². The molecule has 0 N–H and O–H groups in total. The van der Waals surface area contributed by atoms with E-state index in [4.69, 9.17) is 25.5 Å². The van der Waals surface area contributed by atoms with Crippen molar-refractivity contribution in [3.8, 4) is 5.88 Å². The fourth-order valence-electron chi connectivity index (χ4n) is 5.81. The third kappa shape index (κ3) is 7.59. The minimum absolute atomic E-state index is 0.0194. The Labute approximate surface area is 230 Å². The van der Waals surface area contributed by atoms with Crippen molar-refractivity contribution < 1.29 is 22.3 Å². The van der Waals surface area contributed by atoms with E-state index in [0.29, 0.717) is 68.1 Å². The van der Waals surface area contributed by atoms with Gasteiger partial charge in [-0.1, -0.05) is 54.9 Å². The first kappa shape index (κ1) is 32.3. The number of sulfone groups is 1. The number of rotatable bonds is 14. The molecule has 8 nitrogen and oxygen atoms in total. The van der Waals surface area contributed by atoms with E-state index in [1.807, 2.05) is 13.8 Å². The molecule has 1 fully saturated rings. The molecule has 1 aromatic rings. The van der Waals surface area contributed by atoms with Gasteiger partial charge in [-0.15, -0.1) is 0 Å². The summed E-state index contributed by atoms with van der Waals surface area (Å²) in [6.07, 6.45) is 1.40. The third-order valence-electron chi connectivity index (χ3n) is 7.62. The minimum atomic E-state index is -3.65. The van der Waals surface area contributed by atoms with Crippen molar-refractivity contribution in [3.63, 3.8) is 0 Å². The summed E-state index contributed by atoms with van der Waals surface area (Å²) in [5.74, 6) is 0.747. The monoisotopic (exact) mass is 577 g/mol. The van der Waals surface area contributed by atoms with E-state index >= 15 is 0 Å².